The van der Waals surface area contributed by atoms with Gasteiger partial charge in [0, 0.05) is 17.7 Å². The highest BCUT2D eigenvalue weighted by molar-refractivity contribution is 6.15. The summed E-state index contributed by atoms with van der Waals surface area (Å²) in [6.45, 7) is 0.447. The molecule has 0 saturated carbocycles. The molecule has 1 atom stereocenters. The molecule has 2 aliphatic heterocycles. The minimum Gasteiger partial charge on any atom is -0.310 e. The summed E-state index contributed by atoms with van der Waals surface area (Å²) in [5.74, 6) is 0.267. The van der Waals surface area contributed by atoms with Gasteiger partial charge in [0.2, 0.25) is 11.8 Å². The minimum atomic E-state index is -1.09. The van der Waals surface area contributed by atoms with Crippen LogP contribution in [-0.4, -0.2) is 21.6 Å². The van der Waals surface area contributed by atoms with Crippen LogP contribution in [0.2, 0.25) is 0 Å². The molecule has 1 N–H and O–H groups in total. The molecule has 1 unspecified atom stereocenters. The Bertz CT molecular complexity index is 1350. The smallest absolute Gasteiger partial charge is 0.243 e. The fourth-order valence-electron chi connectivity index (χ4n) is 4.94. The summed E-state index contributed by atoms with van der Waals surface area (Å²) in [4.78, 5) is 28.9. The molecule has 1 spiro atoms. The molecule has 32 heavy (non-hydrogen) atoms. The van der Waals surface area contributed by atoms with Crippen molar-refractivity contribution in [2.75, 3.05) is 10.2 Å². The van der Waals surface area contributed by atoms with E-state index in [1.807, 2.05) is 84.9 Å². The number of amides is 2. The van der Waals surface area contributed by atoms with E-state index in [2.05, 4.69) is 10.4 Å². The first kappa shape index (κ1) is 18.6. The van der Waals surface area contributed by atoms with Gasteiger partial charge in [0.25, 0.3) is 0 Å². The largest absolute Gasteiger partial charge is 0.310 e. The molecule has 6 heteroatoms. The summed E-state index contributed by atoms with van der Waals surface area (Å²) in [7, 11) is 0. The Morgan fingerprint density at radius 3 is 2.31 bits per heavy atom. The van der Waals surface area contributed by atoms with E-state index < -0.39 is 5.41 Å². The first-order chi connectivity index (χ1) is 15.7. The molecule has 4 aromatic rings. The molecular weight excluding hydrogens is 400 g/mol. The van der Waals surface area contributed by atoms with Crippen molar-refractivity contribution in [1.82, 2.24) is 9.78 Å². The summed E-state index contributed by atoms with van der Waals surface area (Å²) >= 11 is 0. The normalized spacial score (nSPS) is 19.1. The molecule has 1 aromatic heterocycles. The number of carbonyl (C=O) groups excluding carboxylic acids is 2. The molecule has 2 amide bonds. The predicted molar refractivity (Wildman–Crippen MR) is 122 cm³/mol. The quantitative estimate of drug-likeness (QED) is 0.544. The van der Waals surface area contributed by atoms with Crippen LogP contribution in [0.4, 0.5) is 11.5 Å². The number of para-hydroxylation sites is 2. The first-order valence-electron chi connectivity index (χ1n) is 10.6. The molecule has 3 heterocycles. The number of nitrogens with zero attached hydrogens (tertiary/aromatic N) is 3. The van der Waals surface area contributed by atoms with Crippen LogP contribution in [0.3, 0.4) is 0 Å². The van der Waals surface area contributed by atoms with Crippen LogP contribution in [0.5, 0.6) is 0 Å². The summed E-state index contributed by atoms with van der Waals surface area (Å²) in [5, 5.41) is 7.53. The zero-order chi connectivity index (χ0) is 21.7. The average Bonchev–Trinajstić information content (AvgIpc) is 3.35. The number of hydrogen-bond acceptors (Lipinski definition) is 3. The lowest BCUT2D eigenvalue weighted by Crippen LogP contribution is -2.46. The number of hydrogen-bond donors (Lipinski definition) is 1. The fraction of sp³-hybridized carbons (Fsp3) is 0.115. The molecule has 0 saturated heterocycles. The molecule has 0 aliphatic carbocycles. The van der Waals surface area contributed by atoms with Crippen LogP contribution in [-0.2, 0) is 21.5 Å². The Morgan fingerprint density at radius 1 is 0.844 bits per heavy atom. The van der Waals surface area contributed by atoms with Gasteiger partial charge in [-0.15, -0.1) is 0 Å². The van der Waals surface area contributed by atoms with Gasteiger partial charge in [-0.3, -0.25) is 9.59 Å². The number of aromatic nitrogens is 2. The van der Waals surface area contributed by atoms with Gasteiger partial charge in [0.05, 0.1) is 18.4 Å². The molecule has 3 aromatic carbocycles. The molecular formula is C26H20N4O2. The van der Waals surface area contributed by atoms with Crippen LogP contribution in [0, 0.1) is 0 Å². The van der Waals surface area contributed by atoms with Gasteiger partial charge >= 0.3 is 0 Å². The van der Waals surface area contributed by atoms with Gasteiger partial charge in [0.15, 0.2) is 0 Å². The number of fused-ring (bicyclic) bond motifs is 4. The zero-order valence-electron chi connectivity index (χ0n) is 17.2. The van der Waals surface area contributed by atoms with E-state index in [0.29, 0.717) is 12.4 Å². The highest BCUT2D eigenvalue weighted by Crippen LogP contribution is 2.52. The van der Waals surface area contributed by atoms with Crippen LogP contribution in [0.1, 0.15) is 23.1 Å². The van der Waals surface area contributed by atoms with Gasteiger partial charge in [0.1, 0.15) is 11.2 Å². The maximum Gasteiger partial charge on any atom is 0.243 e. The van der Waals surface area contributed by atoms with Gasteiger partial charge < -0.3 is 10.2 Å². The summed E-state index contributed by atoms with van der Waals surface area (Å²) < 4.78 is 1.70. The van der Waals surface area contributed by atoms with Crippen molar-refractivity contribution in [3.05, 3.63) is 108 Å². The zero-order valence-corrected chi connectivity index (χ0v) is 17.2. The molecule has 6 rings (SSSR count). The Kier molecular flexibility index (Phi) is 4.01. The average molecular weight is 420 g/mol. The number of carbonyl (C=O) groups is 2. The highest BCUT2D eigenvalue weighted by atomic mass is 16.2. The second-order valence-electron chi connectivity index (χ2n) is 8.18. The Balaban J connectivity index is 1.54. The van der Waals surface area contributed by atoms with Crippen molar-refractivity contribution in [3.8, 4) is 5.69 Å². The number of benzene rings is 3. The lowest BCUT2D eigenvalue weighted by Gasteiger charge is -2.32. The SMILES string of the molecule is O=C1CC2(C(=O)N(Cc3ccccc3)c3ccccc32)c2cnn(-c3ccccc3)c2N1. The molecule has 0 radical (unpaired) electrons. The number of anilines is 2. The van der Waals surface area contributed by atoms with E-state index in [9.17, 15) is 9.59 Å². The summed E-state index contributed by atoms with van der Waals surface area (Å²) in [6.07, 6.45) is 1.78. The van der Waals surface area contributed by atoms with Gasteiger partial charge in [-0.05, 0) is 29.3 Å². The van der Waals surface area contributed by atoms with Crippen molar-refractivity contribution in [2.45, 2.75) is 18.4 Å². The molecule has 6 nitrogen and oxygen atoms in total. The third kappa shape index (κ3) is 2.56. The van der Waals surface area contributed by atoms with E-state index in [1.54, 1.807) is 15.8 Å². The van der Waals surface area contributed by atoms with E-state index in [1.165, 1.54) is 0 Å². The summed E-state index contributed by atoms with van der Waals surface area (Å²) in [5.41, 5.74) is 3.20. The monoisotopic (exact) mass is 420 g/mol. The maximum atomic E-state index is 14.1. The van der Waals surface area contributed by atoms with Crippen LogP contribution < -0.4 is 10.2 Å². The Hall–Kier alpha value is -4.19. The van der Waals surface area contributed by atoms with Gasteiger partial charge in [-0.25, -0.2) is 4.68 Å². The molecule has 0 bridgehead atoms. The topological polar surface area (TPSA) is 67.2 Å². The third-order valence-corrected chi connectivity index (χ3v) is 6.36. The van der Waals surface area contributed by atoms with Gasteiger partial charge in [-0.2, -0.15) is 5.10 Å². The van der Waals surface area contributed by atoms with Crippen molar-refractivity contribution >= 4 is 23.3 Å². The van der Waals surface area contributed by atoms with E-state index >= 15 is 0 Å². The van der Waals surface area contributed by atoms with Crippen LogP contribution in [0.15, 0.2) is 91.1 Å². The lowest BCUT2D eigenvalue weighted by atomic mass is 9.72. The standard InChI is InChI=1S/C26H20N4O2/c31-23-15-26(21-16-27-30(24(21)28-23)19-11-5-2-6-12-19)20-13-7-8-14-22(20)29(25(26)32)17-18-9-3-1-4-10-18/h1-14,16H,15,17H2,(H,28,31). The van der Waals surface area contributed by atoms with Gasteiger partial charge in [-0.1, -0.05) is 66.7 Å². The lowest BCUT2D eigenvalue weighted by molar-refractivity contribution is -0.126. The Morgan fingerprint density at radius 2 is 1.53 bits per heavy atom. The van der Waals surface area contributed by atoms with E-state index in [0.717, 1.165) is 28.1 Å². The Labute approximate surface area is 185 Å². The van der Waals surface area contributed by atoms with Crippen molar-refractivity contribution in [1.29, 1.82) is 0 Å². The van der Waals surface area contributed by atoms with Crippen molar-refractivity contribution in [3.63, 3.8) is 0 Å². The second kappa shape index (κ2) is 6.92. The van der Waals surface area contributed by atoms with Crippen LogP contribution in [0.25, 0.3) is 5.69 Å². The predicted octanol–water partition coefficient (Wildman–Crippen LogP) is 4.05. The number of nitrogens with one attached hydrogen (secondary N) is 1. The van der Waals surface area contributed by atoms with Crippen LogP contribution >= 0.6 is 0 Å². The third-order valence-electron chi connectivity index (χ3n) is 6.36. The minimum absolute atomic E-state index is 0.0572. The van der Waals surface area contributed by atoms with E-state index in [4.69, 9.17) is 0 Å². The summed E-state index contributed by atoms with van der Waals surface area (Å²) in [6, 6.07) is 27.3. The second-order valence-corrected chi connectivity index (χ2v) is 8.18. The maximum absolute atomic E-state index is 14.1. The molecule has 0 fully saturated rings. The van der Waals surface area contributed by atoms with Crippen molar-refractivity contribution in [2.24, 2.45) is 0 Å². The molecule has 156 valence electrons. The molecule has 2 aliphatic rings. The number of rotatable bonds is 3. The van der Waals surface area contributed by atoms with Crippen molar-refractivity contribution < 1.29 is 9.59 Å². The first-order valence-corrected chi connectivity index (χ1v) is 10.6. The highest BCUT2D eigenvalue weighted by Gasteiger charge is 2.57. The van der Waals surface area contributed by atoms with E-state index in [-0.39, 0.29) is 18.2 Å². The fourth-order valence-corrected chi connectivity index (χ4v) is 4.94.